The maximum absolute atomic E-state index is 13.1. The van der Waals surface area contributed by atoms with Crippen LogP contribution in [0.2, 0.25) is 0 Å². The van der Waals surface area contributed by atoms with Gasteiger partial charge in [0.2, 0.25) is 5.91 Å². The molecule has 3 nitrogen and oxygen atoms in total. The van der Waals surface area contributed by atoms with E-state index in [4.69, 9.17) is 0 Å². The van der Waals surface area contributed by atoms with Crippen molar-refractivity contribution in [3.05, 3.63) is 65.5 Å². The quantitative estimate of drug-likeness (QED) is 0.889. The van der Waals surface area contributed by atoms with Crippen LogP contribution in [0.3, 0.4) is 0 Å². The van der Waals surface area contributed by atoms with E-state index in [2.05, 4.69) is 10.6 Å². The first kappa shape index (κ1) is 16.0. The number of anilines is 1. The molecule has 0 bridgehead atoms. The van der Waals surface area contributed by atoms with Gasteiger partial charge in [-0.1, -0.05) is 6.07 Å². The topological polar surface area (TPSA) is 41.1 Å². The van der Waals surface area contributed by atoms with Crippen LogP contribution in [0.5, 0.6) is 0 Å². The molecule has 0 unspecified atom stereocenters. The van der Waals surface area contributed by atoms with Crippen LogP contribution >= 0.6 is 0 Å². The van der Waals surface area contributed by atoms with Gasteiger partial charge in [-0.3, -0.25) is 4.79 Å². The Morgan fingerprint density at radius 2 is 1.73 bits per heavy atom. The van der Waals surface area contributed by atoms with E-state index in [1.54, 1.807) is 6.92 Å². The molecule has 22 heavy (non-hydrogen) atoms. The minimum Gasteiger partial charge on any atom is -0.325 e. The predicted molar refractivity (Wildman–Crippen MR) is 77.8 cm³/mol. The Balaban J connectivity index is 1.87. The molecule has 0 saturated carbocycles. The summed E-state index contributed by atoms with van der Waals surface area (Å²) in [5.74, 6) is -2.55. The van der Waals surface area contributed by atoms with Crippen molar-refractivity contribution in [2.24, 2.45) is 0 Å². The number of carbonyl (C=O) groups is 1. The van der Waals surface area contributed by atoms with Crippen molar-refractivity contribution in [3.63, 3.8) is 0 Å². The Bertz CT molecular complexity index is 659. The van der Waals surface area contributed by atoms with Gasteiger partial charge in [-0.05, 0) is 48.9 Å². The number of benzene rings is 2. The lowest BCUT2D eigenvalue weighted by Crippen LogP contribution is -2.30. The van der Waals surface area contributed by atoms with Gasteiger partial charge in [0.15, 0.2) is 11.6 Å². The highest BCUT2D eigenvalue weighted by Crippen LogP contribution is 2.15. The Labute approximate surface area is 126 Å². The van der Waals surface area contributed by atoms with Gasteiger partial charge >= 0.3 is 0 Å². The van der Waals surface area contributed by atoms with Crippen molar-refractivity contribution in [1.82, 2.24) is 5.32 Å². The second kappa shape index (κ2) is 7.09. The molecule has 2 aromatic carbocycles. The molecule has 0 radical (unpaired) electrons. The Kier molecular flexibility index (Phi) is 5.16. The van der Waals surface area contributed by atoms with Crippen LogP contribution in [0.15, 0.2) is 42.5 Å². The first-order valence-corrected chi connectivity index (χ1v) is 6.69. The average molecular weight is 308 g/mol. The highest BCUT2D eigenvalue weighted by Gasteiger charge is 2.10. The van der Waals surface area contributed by atoms with Gasteiger partial charge in [0.25, 0.3) is 0 Å². The molecule has 116 valence electrons. The van der Waals surface area contributed by atoms with E-state index in [9.17, 15) is 18.0 Å². The maximum atomic E-state index is 13.1. The minimum atomic E-state index is -0.929. The number of halogens is 3. The number of amides is 1. The van der Waals surface area contributed by atoms with E-state index in [0.29, 0.717) is 11.3 Å². The number of rotatable bonds is 5. The Hall–Kier alpha value is -2.34. The van der Waals surface area contributed by atoms with E-state index in [0.717, 1.165) is 12.1 Å². The van der Waals surface area contributed by atoms with Crippen LogP contribution in [0.25, 0.3) is 0 Å². The SMILES string of the molecule is C[C@@H](NCC(=O)Nc1ccc(F)cc1)c1ccc(F)c(F)c1. The molecule has 2 aromatic rings. The normalized spacial score (nSPS) is 12.0. The number of carbonyl (C=O) groups excluding carboxylic acids is 1. The van der Waals surface area contributed by atoms with Crippen LogP contribution < -0.4 is 10.6 Å². The number of hydrogen-bond acceptors (Lipinski definition) is 2. The van der Waals surface area contributed by atoms with Gasteiger partial charge in [0.05, 0.1) is 6.54 Å². The molecule has 0 spiro atoms. The maximum Gasteiger partial charge on any atom is 0.238 e. The molecule has 0 aliphatic rings. The zero-order valence-corrected chi connectivity index (χ0v) is 11.9. The van der Waals surface area contributed by atoms with Crippen molar-refractivity contribution < 1.29 is 18.0 Å². The first-order chi connectivity index (χ1) is 10.5. The molecule has 0 heterocycles. The molecule has 1 atom stereocenters. The Morgan fingerprint density at radius 1 is 1.05 bits per heavy atom. The van der Waals surface area contributed by atoms with Crippen LogP contribution in [-0.4, -0.2) is 12.5 Å². The third kappa shape index (κ3) is 4.33. The molecule has 0 aromatic heterocycles. The van der Waals surface area contributed by atoms with Gasteiger partial charge in [0, 0.05) is 11.7 Å². The van der Waals surface area contributed by atoms with Gasteiger partial charge in [-0.25, -0.2) is 13.2 Å². The second-order valence-electron chi connectivity index (χ2n) is 4.83. The molecule has 0 aliphatic heterocycles. The van der Waals surface area contributed by atoms with Gasteiger partial charge in [-0.2, -0.15) is 0 Å². The smallest absolute Gasteiger partial charge is 0.238 e. The average Bonchev–Trinajstić information content (AvgIpc) is 2.50. The zero-order chi connectivity index (χ0) is 16.1. The molecular weight excluding hydrogens is 293 g/mol. The van der Waals surface area contributed by atoms with Gasteiger partial charge in [-0.15, -0.1) is 0 Å². The largest absolute Gasteiger partial charge is 0.325 e. The van der Waals surface area contributed by atoms with Crippen molar-refractivity contribution in [3.8, 4) is 0 Å². The highest BCUT2D eigenvalue weighted by molar-refractivity contribution is 5.92. The van der Waals surface area contributed by atoms with Crippen LogP contribution in [0.1, 0.15) is 18.5 Å². The second-order valence-corrected chi connectivity index (χ2v) is 4.83. The summed E-state index contributed by atoms with van der Waals surface area (Å²) in [5, 5.41) is 5.50. The highest BCUT2D eigenvalue weighted by atomic mass is 19.2. The fraction of sp³-hybridized carbons (Fsp3) is 0.188. The Morgan fingerprint density at radius 3 is 2.36 bits per heavy atom. The van der Waals surface area contributed by atoms with Gasteiger partial charge < -0.3 is 10.6 Å². The molecule has 0 saturated heterocycles. The van der Waals surface area contributed by atoms with E-state index >= 15 is 0 Å². The number of hydrogen-bond donors (Lipinski definition) is 2. The third-order valence-corrected chi connectivity index (χ3v) is 3.14. The van der Waals surface area contributed by atoms with E-state index in [1.165, 1.54) is 30.3 Å². The summed E-state index contributed by atoms with van der Waals surface area (Å²) in [6.07, 6.45) is 0. The summed E-state index contributed by atoms with van der Waals surface area (Å²) in [6, 6.07) is 8.65. The summed E-state index contributed by atoms with van der Waals surface area (Å²) >= 11 is 0. The molecule has 0 fully saturated rings. The molecular formula is C16H15F3N2O. The molecule has 2 N–H and O–H groups in total. The van der Waals surface area contributed by atoms with Crippen molar-refractivity contribution in [2.75, 3.05) is 11.9 Å². The van der Waals surface area contributed by atoms with Gasteiger partial charge in [0.1, 0.15) is 5.82 Å². The third-order valence-electron chi connectivity index (χ3n) is 3.14. The zero-order valence-electron chi connectivity index (χ0n) is 11.9. The lowest BCUT2D eigenvalue weighted by molar-refractivity contribution is -0.115. The van der Waals surface area contributed by atoms with Crippen molar-refractivity contribution in [2.45, 2.75) is 13.0 Å². The number of nitrogens with one attached hydrogen (secondary N) is 2. The van der Waals surface area contributed by atoms with E-state index in [1.807, 2.05) is 0 Å². The van der Waals surface area contributed by atoms with Crippen LogP contribution in [-0.2, 0) is 4.79 Å². The first-order valence-electron chi connectivity index (χ1n) is 6.69. The van der Waals surface area contributed by atoms with Crippen LogP contribution in [0.4, 0.5) is 18.9 Å². The van der Waals surface area contributed by atoms with E-state index < -0.39 is 11.6 Å². The fourth-order valence-electron chi connectivity index (χ4n) is 1.88. The predicted octanol–water partition coefficient (Wildman–Crippen LogP) is 3.39. The van der Waals surface area contributed by atoms with Crippen molar-refractivity contribution >= 4 is 11.6 Å². The standard InChI is InChI=1S/C16H15F3N2O/c1-10(11-2-7-14(18)15(19)8-11)20-9-16(22)21-13-5-3-12(17)4-6-13/h2-8,10,20H,9H2,1H3,(H,21,22)/t10-/m1/s1. The summed E-state index contributed by atoms with van der Waals surface area (Å²) in [6.45, 7) is 1.72. The summed E-state index contributed by atoms with van der Waals surface area (Å²) in [5.41, 5.74) is 1.02. The summed E-state index contributed by atoms with van der Waals surface area (Å²) in [4.78, 5) is 11.8. The summed E-state index contributed by atoms with van der Waals surface area (Å²) < 4.78 is 38.8. The molecule has 2 rings (SSSR count). The fourth-order valence-corrected chi connectivity index (χ4v) is 1.88. The monoisotopic (exact) mass is 308 g/mol. The molecule has 1 amide bonds. The van der Waals surface area contributed by atoms with Crippen LogP contribution in [0, 0.1) is 17.5 Å². The van der Waals surface area contributed by atoms with E-state index in [-0.39, 0.29) is 24.3 Å². The summed E-state index contributed by atoms with van der Waals surface area (Å²) in [7, 11) is 0. The minimum absolute atomic E-state index is 0.0163. The molecule has 6 heteroatoms. The van der Waals surface area contributed by atoms with Crippen molar-refractivity contribution in [1.29, 1.82) is 0 Å². The lowest BCUT2D eigenvalue weighted by atomic mass is 10.1. The molecule has 0 aliphatic carbocycles. The lowest BCUT2D eigenvalue weighted by Gasteiger charge is -2.14.